The monoisotopic (exact) mass is 396 g/mol. The fourth-order valence-electron chi connectivity index (χ4n) is 3.35. The maximum absolute atomic E-state index is 13.2. The summed E-state index contributed by atoms with van der Waals surface area (Å²) in [6.07, 6.45) is 1.82. The van der Waals surface area contributed by atoms with Gasteiger partial charge in [0.1, 0.15) is 17.2 Å². The van der Waals surface area contributed by atoms with E-state index in [4.69, 9.17) is 5.73 Å². The van der Waals surface area contributed by atoms with Gasteiger partial charge in [0.15, 0.2) is 16.6 Å². The quantitative estimate of drug-likeness (QED) is 0.549. The van der Waals surface area contributed by atoms with Crippen LogP contribution < -0.4 is 15.5 Å². The van der Waals surface area contributed by atoms with Crippen molar-refractivity contribution < 1.29 is 4.39 Å². The molecule has 0 spiro atoms. The molecule has 1 fully saturated rings. The Hall–Kier alpha value is -3.27. The Morgan fingerprint density at radius 3 is 2.46 bits per heavy atom. The predicted octanol–water partition coefficient (Wildman–Crippen LogP) is 2.52. The zero-order valence-electron chi connectivity index (χ0n) is 14.8. The summed E-state index contributed by atoms with van der Waals surface area (Å²) in [4.78, 5) is 25.4. The summed E-state index contributed by atoms with van der Waals surface area (Å²) in [5.41, 5.74) is 7.94. The number of nitrogens with one attached hydrogen (secondary N) is 1. The summed E-state index contributed by atoms with van der Waals surface area (Å²) in [6, 6.07) is 6.16. The Labute approximate surface area is 163 Å². The summed E-state index contributed by atoms with van der Waals surface area (Å²) in [7, 11) is 0. The van der Waals surface area contributed by atoms with Gasteiger partial charge < -0.3 is 20.5 Å². The normalized spacial score (nSPS) is 14.8. The molecule has 0 unspecified atom stereocenters. The van der Waals surface area contributed by atoms with Gasteiger partial charge in [0.05, 0.1) is 0 Å². The van der Waals surface area contributed by atoms with Crippen molar-refractivity contribution in [2.24, 2.45) is 0 Å². The topological polar surface area (TPSA) is 99.8 Å². The van der Waals surface area contributed by atoms with E-state index in [0.717, 1.165) is 48.2 Å². The molecule has 1 aliphatic rings. The maximum Gasteiger partial charge on any atom is 0.224 e. The average molecular weight is 396 g/mol. The van der Waals surface area contributed by atoms with Crippen LogP contribution in [0.3, 0.4) is 0 Å². The van der Waals surface area contributed by atoms with Gasteiger partial charge in [0, 0.05) is 43.3 Å². The second-order valence-corrected chi connectivity index (χ2v) is 7.36. The number of imidazole rings is 1. The molecule has 0 amide bonds. The number of hydrogen-bond donors (Lipinski definition) is 2. The van der Waals surface area contributed by atoms with Crippen LogP contribution in [-0.2, 0) is 0 Å². The van der Waals surface area contributed by atoms with Gasteiger partial charge in [0.2, 0.25) is 5.95 Å². The number of aromatic nitrogens is 5. The van der Waals surface area contributed by atoms with Gasteiger partial charge in [-0.1, -0.05) is 0 Å². The van der Waals surface area contributed by atoms with E-state index >= 15 is 0 Å². The first-order chi connectivity index (χ1) is 13.7. The Morgan fingerprint density at radius 1 is 1.00 bits per heavy atom. The van der Waals surface area contributed by atoms with Crippen LogP contribution >= 0.6 is 11.3 Å². The zero-order valence-corrected chi connectivity index (χ0v) is 15.7. The van der Waals surface area contributed by atoms with Crippen molar-refractivity contribution in [2.45, 2.75) is 0 Å². The first-order valence-electron chi connectivity index (χ1n) is 8.86. The number of aromatic amines is 1. The molecule has 142 valence electrons. The van der Waals surface area contributed by atoms with Gasteiger partial charge in [-0.3, -0.25) is 0 Å². The lowest BCUT2D eigenvalue weighted by atomic mass is 10.2. The van der Waals surface area contributed by atoms with Crippen LogP contribution in [0.2, 0.25) is 0 Å². The minimum atomic E-state index is -0.289. The van der Waals surface area contributed by atoms with Gasteiger partial charge in [-0.05, 0) is 24.3 Å². The highest BCUT2D eigenvalue weighted by atomic mass is 32.1. The minimum Gasteiger partial charge on any atom is -0.368 e. The number of H-pyrrole nitrogens is 1. The lowest BCUT2D eigenvalue weighted by Gasteiger charge is -2.35. The Morgan fingerprint density at radius 2 is 1.75 bits per heavy atom. The van der Waals surface area contributed by atoms with Gasteiger partial charge in [-0.15, -0.1) is 11.3 Å². The van der Waals surface area contributed by atoms with Crippen molar-refractivity contribution >= 4 is 39.4 Å². The molecule has 10 heteroatoms. The fraction of sp³-hybridized carbons (Fsp3) is 0.222. The Kier molecular flexibility index (Phi) is 4.05. The van der Waals surface area contributed by atoms with Crippen LogP contribution in [0, 0.1) is 5.82 Å². The number of benzene rings is 1. The molecule has 0 aliphatic carbocycles. The molecule has 0 bridgehead atoms. The predicted molar refractivity (Wildman–Crippen MR) is 108 cm³/mol. The number of thiazole rings is 1. The molecular formula is C18H17FN8S. The second kappa shape index (κ2) is 6.71. The number of halogens is 1. The van der Waals surface area contributed by atoms with E-state index in [0.29, 0.717) is 11.5 Å². The molecule has 4 heterocycles. The lowest BCUT2D eigenvalue weighted by Crippen LogP contribution is -2.47. The molecule has 28 heavy (non-hydrogen) atoms. The third-order valence-electron chi connectivity index (χ3n) is 4.74. The molecule has 8 nitrogen and oxygen atoms in total. The van der Waals surface area contributed by atoms with Gasteiger partial charge >= 0.3 is 0 Å². The Balaban J connectivity index is 1.47. The molecule has 3 N–H and O–H groups in total. The van der Waals surface area contributed by atoms with E-state index in [9.17, 15) is 4.39 Å². The molecule has 1 aromatic carbocycles. The number of anilines is 3. The highest BCUT2D eigenvalue weighted by Gasteiger charge is 2.23. The van der Waals surface area contributed by atoms with Crippen LogP contribution in [0.1, 0.15) is 0 Å². The van der Waals surface area contributed by atoms with Crippen molar-refractivity contribution in [2.75, 3.05) is 41.7 Å². The standard InChI is InChI=1S/C18H17FN8S/c19-12-3-1-11(2-4-12)14-22-13-15(23-14)24-17(20)25-16(13)26-6-8-27(9-7-26)18-21-5-10-28-18/h1-5,10H,6-9H2,(H3,20,22,23,24,25). The van der Waals surface area contributed by atoms with Gasteiger partial charge in [0.25, 0.3) is 0 Å². The third-order valence-corrected chi connectivity index (χ3v) is 5.57. The molecule has 0 atom stereocenters. The van der Waals surface area contributed by atoms with Gasteiger partial charge in [-0.25, -0.2) is 14.4 Å². The number of fused-ring (bicyclic) bond motifs is 1. The van der Waals surface area contributed by atoms with Crippen molar-refractivity contribution in [3.63, 3.8) is 0 Å². The minimum absolute atomic E-state index is 0.182. The molecule has 5 rings (SSSR count). The summed E-state index contributed by atoms with van der Waals surface area (Å²) < 4.78 is 13.2. The molecule has 3 aromatic heterocycles. The maximum atomic E-state index is 13.2. The summed E-state index contributed by atoms with van der Waals surface area (Å²) in [5, 5.41) is 3.02. The molecule has 1 aliphatic heterocycles. The molecule has 0 saturated carbocycles. The van der Waals surface area contributed by atoms with Crippen molar-refractivity contribution in [1.82, 2.24) is 24.9 Å². The molecule has 4 aromatic rings. The summed E-state index contributed by atoms with van der Waals surface area (Å²) in [6.45, 7) is 3.27. The van der Waals surface area contributed by atoms with E-state index in [-0.39, 0.29) is 11.8 Å². The van der Waals surface area contributed by atoms with Crippen LogP contribution in [-0.4, -0.2) is 51.1 Å². The van der Waals surface area contributed by atoms with E-state index in [1.54, 1.807) is 23.5 Å². The summed E-state index contributed by atoms with van der Waals surface area (Å²) >= 11 is 1.64. The second-order valence-electron chi connectivity index (χ2n) is 6.49. The lowest BCUT2D eigenvalue weighted by molar-refractivity contribution is 0.628. The first kappa shape index (κ1) is 16.9. The van der Waals surface area contributed by atoms with Crippen molar-refractivity contribution in [3.05, 3.63) is 41.7 Å². The number of nitrogen functional groups attached to an aromatic ring is 1. The first-order valence-corrected chi connectivity index (χ1v) is 9.74. The molecule has 0 radical (unpaired) electrons. The highest BCUT2D eigenvalue weighted by molar-refractivity contribution is 7.13. The van der Waals surface area contributed by atoms with E-state index < -0.39 is 0 Å². The number of rotatable bonds is 3. The Bertz CT molecular complexity index is 1100. The number of nitrogens with zero attached hydrogens (tertiary/aromatic N) is 6. The number of nitrogens with two attached hydrogens (primary N) is 1. The van der Waals surface area contributed by atoms with Crippen LogP contribution in [0.5, 0.6) is 0 Å². The average Bonchev–Trinajstić information content (AvgIpc) is 3.38. The van der Waals surface area contributed by atoms with Crippen LogP contribution in [0.15, 0.2) is 35.8 Å². The molecular weight excluding hydrogens is 379 g/mol. The third kappa shape index (κ3) is 3.01. The summed E-state index contributed by atoms with van der Waals surface area (Å²) in [5.74, 6) is 1.24. The highest BCUT2D eigenvalue weighted by Crippen LogP contribution is 2.28. The zero-order chi connectivity index (χ0) is 19.1. The van der Waals surface area contributed by atoms with Crippen LogP contribution in [0.4, 0.5) is 21.3 Å². The number of piperazine rings is 1. The van der Waals surface area contributed by atoms with E-state index in [2.05, 4.69) is 34.7 Å². The van der Waals surface area contributed by atoms with Gasteiger partial charge in [-0.2, -0.15) is 9.97 Å². The fourth-order valence-corrected chi connectivity index (χ4v) is 4.05. The largest absolute Gasteiger partial charge is 0.368 e. The van der Waals surface area contributed by atoms with Crippen molar-refractivity contribution in [1.29, 1.82) is 0 Å². The van der Waals surface area contributed by atoms with Crippen molar-refractivity contribution in [3.8, 4) is 11.4 Å². The molecule has 1 saturated heterocycles. The smallest absolute Gasteiger partial charge is 0.224 e. The van der Waals surface area contributed by atoms with E-state index in [1.165, 1.54) is 12.1 Å². The van der Waals surface area contributed by atoms with E-state index in [1.807, 2.05) is 11.6 Å². The number of hydrogen-bond acceptors (Lipinski definition) is 8. The van der Waals surface area contributed by atoms with Crippen LogP contribution in [0.25, 0.3) is 22.6 Å². The SMILES string of the molecule is Nc1nc(N2CCN(c3nccs3)CC2)c2[nH]c(-c3ccc(F)cc3)nc2n1.